The van der Waals surface area contributed by atoms with Gasteiger partial charge in [-0.1, -0.05) is 36.4 Å². The van der Waals surface area contributed by atoms with E-state index < -0.39 is 41.6 Å². The van der Waals surface area contributed by atoms with E-state index in [-0.39, 0.29) is 41.8 Å². The summed E-state index contributed by atoms with van der Waals surface area (Å²) >= 11 is 0. The van der Waals surface area contributed by atoms with E-state index in [4.69, 9.17) is 4.74 Å². The molecule has 0 atom stereocenters. The minimum atomic E-state index is -4.60. The summed E-state index contributed by atoms with van der Waals surface area (Å²) in [5.74, 6) is -2.07. The smallest absolute Gasteiger partial charge is 0.416 e. The van der Waals surface area contributed by atoms with Crippen molar-refractivity contribution >= 4 is 28.6 Å². The van der Waals surface area contributed by atoms with E-state index in [1.54, 1.807) is 30.3 Å². The molecule has 4 rings (SSSR count). The molecule has 0 bridgehead atoms. The minimum Gasteiger partial charge on any atom is -0.456 e. The number of ether oxygens (including phenoxy) is 1. The Balaban J connectivity index is 1.51. The lowest BCUT2D eigenvalue weighted by Crippen LogP contribution is -2.27. The average molecular weight is 527 g/mol. The van der Waals surface area contributed by atoms with Crippen LogP contribution in [0, 0.1) is 5.82 Å². The highest BCUT2D eigenvalue weighted by Crippen LogP contribution is 2.31. The summed E-state index contributed by atoms with van der Waals surface area (Å²) < 4.78 is 59.3. The van der Waals surface area contributed by atoms with Crippen molar-refractivity contribution in [3.05, 3.63) is 106 Å². The zero-order valence-electron chi connectivity index (χ0n) is 19.8. The van der Waals surface area contributed by atoms with E-state index >= 15 is 0 Å². The van der Waals surface area contributed by atoms with Crippen molar-refractivity contribution in [2.45, 2.75) is 25.6 Å². The zero-order valence-corrected chi connectivity index (χ0v) is 19.8. The number of benzene rings is 3. The molecule has 0 aliphatic heterocycles. The summed E-state index contributed by atoms with van der Waals surface area (Å²) in [6, 6.07) is 17.0. The quantitative estimate of drug-likeness (QED) is 0.265. The van der Waals surface area contributed by atoms with E-state index in [1.165, 1.54) is 28.8 Å². The second kappa shape index (κ2) is 11.2. The summed E-state index contributed by atoms with van der Waals surface area (Å²) in [5.41, 5.74) is -0.496. The SMILES string of the molecule is O=C(COC(=O)CCc1nc2cc(C(F)(F)F)ccc2n(Cc2ccccc2)c1=O)Nc1cccc(F)c1. The lowest BCUT2D eigenvalue weighted by atomic mass is 10.1. The zero-order chi connectivity index (χ0) is 27.3. The number of nitrogens with zero attached hydrogens (tertiary/aromatic N) is 2. The maximum absolute atomic E-state index is 13.3. The Hall–Kier alpha value is -4.54. The lowest BCUT2D eigenvalue weighted by molar-refractivity contribution is -0.147. The van der Waals surface area contributed by atoms with Crippen LogP contribution in [-0.4, -0.2) is 28.0 Å². The van der Waals surface area contributed by atoms with Gasteiger partial charge in [0, 0.05) is 12.1 Å². The summed E-state index contributed by atoms with van der Waals surface area (Å²) in [4.78, 5) is 41.5. The normalized spacial score (nSPS) is 11.4. The first-order valence-corrected chi connectivity index (χ1v) is 11.5. The fourth-order valence-electron chi connectivity index (χ4n) is 3.76. The standard InChI is InChI=1S/C27H21F4N3O4/c28-19-7-4-8-20(14-19)32-24(35)16-38-25(36)12-10-21-26(37)34(15-17-5-2-1-3-6-17)23-11-9-18(27(29,30)31)13-22(23)33-21/h1-9,11,13-14H,10,12,15-16H2,(H,32,35). The minimum absolute atomic E-state index is 0.0480. The number of anilines is 1. The van der Waals surface area contributed by atoms with E-state index in [1.807, 2.05) is 0 Å². The third-order valence-corrected chi connectivity index (χ3v) is 5.56. The predicted molar refractivity (Wildman–Crippen MR) is 131 cm³/mol. The van der Waals surface area contributed by atoms with Gasteiger partial charge in [0.25, 0.3) is 11.5 Å². The number of hydrogen-bond donors (Lipinski definition) is 1. The van der Waals surface area contributed by atoms with Crippen molar-refractivity contribution in [1.82, 2.24) is 9.55 Å². The summed E-state index contributed by atoms with van der Waals surface area (Å²) in [6.07, 6.45) is -5.16. The Bertz CT molecular complexity index is 1540. The fraction of sp³-hybridized carbons (Fsp3) is 0.185. The van der Waals surface area contributed by atoms with Crippen LogP contribution in [0.1, 0.15) is 23.2 Å². The molecule has 0 saturated carbocycles. The molecule has 0 radical (unpaired) electrons. The Kier molecular flexibility index (Phi) is 7.85. The third-order valence-electron chi connectivity index (χ3n) is 5.56. The predicted octanol–water partition coefficient (Wildman–Crippen LogP) is 4.72. The Morgan fingerprint density at radius 3 is 2.45 bits per heavy atom. The molecule has 1 N–H and O–H groups in total. The molecule has 3 aromatic carbocycles. The number of carbonyl (C=O) groups excluding carboxylic acids is 2. The van der Waals surface area contributed by atoms with Gasteiger partial charge in [-0.25, -0.2) is 9.37 Å². The number of esters is 1. The van der Waals surface area contributed by atoms with Crippen LogP contribution < -0.4 is 10.9 Å². The van der Waals surface area contributed by atoms with Crippen molar-refractivity contribution in [3.8, 4) is 0 Å². The van der Waals surface area contributed by atoms with E-state index in [0.29, 0.717) is 0 Å². The lowest BCUT2D eigenvalue weighted by Gasteiger charge is -2.14. The van der Waals surface area contributed by atoms with Crippen LogP contribution >= 0.6 is 0 Å². The molecule has 0 unspecified atom stereocenters. The van der Waals surface area contributed by atoms with Crippen LogP contribution in [-0.2, 0) is 33.5 Å². The van der Waals surface area contributed by atoms with Crippen LogP contribution in [0.4, 0.5) is 23.2 Å². The average Bonchev–Trinajstić information content (AvgIpc) is 2.88. The number of aromatic nitrogens is 2. The monoisotopic (exact) mass is 527 g/mol. The summed E-state index contributed by atoms with van der Waals surface area (Å²) in [7, 11) is 0. The second-order valence-electron chi connectivity index (χ2n) is 8.36. The van der Waals surface area contributed by atoms with Crippen molar-refractivity contribution in [1.29, 1.82) is 0 Å². The van der Waals surface area contributed by atoms with E-state index in [0.717, 1.165) is 23.8 Å². The second-order valence-corrected chi connectivity index (χ2v) is 8.36. The molecule has 0 aliphatic carbocycles. The molecular weight excluding hydrogens is 506 g/mol. The molecule has 0 aliphatic rings. The first kappa shape index (κ1) is 26.5. The van der Waals surface area contributed by atoms with Crippen molar-refractivity contribution in [3.63, 3.8) is 0 Å². The van der Waals surface area contributed by atoms with Crippen molar-refractivity contribution in [2.24, 2.45) is 0 Å². The van der Waals surface area contributed by atoms with Gasteiger partial charge in [0.2, 0.25) is 0 Å². The molecule has 11 heteroatoms. The van der Waals surface area contributed by atoms with Gasteiger partial charge in [0.1, 0.15) is 11.5 Å². The van der Waals surface area contributed by atoms with Gasteiger partial charge in [-0.3, -0.25) is 14.4 Å². The largest absolute Gasteiger partial charge is 0.456 e. The van der Waals surface area contributed by atoms with Gasteiger partial charge in [-0.15, -0.1) is 0 Å². The molecule has 38 heavy (non-hydrogen) atoms. The van der Waals surface area contributed by atoms with Gasteiger partial charge >= 0.3 is 12.1 Å². The number of rotatable bonds is 8. The number of fused-ring (bicyclic) bond motifs is 1. The number of nitrogens with one attached hydrogen (secondary N) is 1. The van der Waals surface area contributed by atoms with E-state index in [2.05, 4.69) is 10.3 Å². The topological polar surface area (TPSA) is 90.3 Å². The highest BCUT2D eigenvalue weighted by Gasteiger charge is 2.31. The maximum Gasteiger partial charge on any atom is 0.416 e. The highest BCUT2D eigenvalue weighted by molar-refractivity contribution is 5.92. The summed E-state index contributed by atoms with van der Waals surface area (Å²) in [5, 5.41) is 2.38. The van der Waals surface area contributed by atoms with Crippen LogP contribution in [0.15, 0.2) is 77.6 Å². The number of halogens is 4. The molecule has 196 valence electrons. The molecule has 0 spiro atoms. The molecule has 0 saturated heterocycles. The Morgan fingerprint density at radius 2 is 1.74 bits per heavy atom. The van der Waals surface area contributed by atoms with E-state index in [9.17, 15) is 31.9 Å². The highest BCUT2D eigenvalue weighted by atomic mass is 19.4. The Labute approximate surface area is 213 Å². The Morgan fingerprint density at radius 1 is 0.974 bits per heavy atom. The number of alkyl halides is 3. The maximum atomic E-state index is 13.3. The van der Waals surface area contributed by atoms with Crippen LogP contribution in [0.2, 0.25) is 0 Å². The first-order chi connectivity index (χ1) is 18.1. The first-order valence-electron chi connectivity index (χ1n) is 11.5. The van der Waals surface area contributed by atoms with Crippen LogP contribution in [0.25, 0.3) is 11.0 Å². The summed E-state index contributed by atoms with van der Waals surface area (Å²) in [6.45, 7) is -0.560. The van der Waals surface area contributed by atoms with Crippen molar-refractivity contribution in [2.75, 3.05) is 11.9 Å². The fourth-order valence-corrected chi connectivity index (χ4v) is 3.76. The molecule has 1 heterocycles. The van der Waals surface area contributed by atoms with Gasteiger partial charge in [0.15, 0.2) is 6.61 Å². The van der Waals surface area contributed by atoms with Crippen LogP contribution in [0.5, 0.6) is 0 Å². The molecule has 4 aromatic rings. The third kappa shape index (κ3) is 6.61. The van der Waals surface area contributed by atoms with Crippen LogP contribution in [0.3, 0.4) is 0 Å². The van der Waals surface area contributed by atoms with Gasteiger partial charge in [0.05, 0.1) is 29.6 Å². The molecule has 0 fully saturated rings. The van der Waals surface area contributed by atoms with Gasteiger partial charge in [-0.05, 0) is 42.0 Å². The number of hydrogen-bond acceptors (Lipinski definition) is 5. The number of aryl methyl sites for hydroxylation is 1. The molecule has 1 amide bonds. The number of carbonyl (C=O) groups is 2. The van der Waals surface area contributed by atoms with Crippen molar-refractivity contribution < 1.29 is 31.9 Å². The van der Waals surface area contributed by atoms with Gasteiger partial charge < -0.3 is 14.6 Å². The number of amides is 1. The molecule has 7 nitrogen and oxygen atoms in total. The van der Waals surface area contributed by atoms with Gasteiger partial charge in [-0.2, -0.15) is 13.2 Å². The molecule has 1 aromatic heterocycles. The molecular formula is C27H21F4N3O4.